The molecule has 2 aliphatic heterocycles. The van der Waals surface area contributed by atoms with Crippen LogP contribution in [0.15, 0.2) is 30.5 Å². The number of aromatic amines is 1. The van der Waals surface area contributed by atoms with Crippen molar-refractivity contribution in [1.29, 1.82) is 0 Å². The zero-order chi connectivity index (χ0) is 24.8. The summed E-state index contributed by atoms with van der Waals surface area (Å²) in [6, 6.07) is 6.92. The third kappa shape index (κ3) is 3.81. The molecule has 0 radical (unpaired) electrons. The van der Waals surface area contributed by atoms with Gasteiger partial charge in [-0.15, -0.1) is 0 Å². The molecule has 0 bridgehead atoms. The molecule has 188 valence electrons. The van der Waals surface area contributed by atoms with Gasteiger partial charge in [0.15, 0.2) is 23.3 Å². The standard InChI is InChI=1S/C26H27FN4O5/c1-34-21-11-17(3-4-18(21)27)31-19-10-16-12-28-30-25(16)29-23(19)22(24(31)14-6-8-35-9-7-14)15-2-5-20(26(32)33)36-13-15/h3-4,10-12,14-15,20H,2,5-9,13H2,1H3,(H,32,33)(H,28,29,30)/t15-,20+/m1/s1. The predicted octanol–water partition coefficient (Wildman–Crippen LogP) is 4.29. The van der Waals surface area contributed by atoms with Crippen LogP contribution >= 0.6 is 0 Å². The molecule has 0 unspecified atom stereocenters. The highest BCUT2D eigenvalue weighted by Crippen LogP contribution is 2.44. The van der Waals surface area contributed by atoms with E-state index in [4.69, 9.17) is 19.2 Å². The van der Waals surface area contributed by atoms with Gasteiger partial charge >= 0.3 is 5.97 Å². The first-order valence-electron chi connectivity index (χ1n) is 12.2. The van der Waals surface area contributed by atoms with E-state index in [1.54, 1.807) is 18.3 Å². The normalized spacial score (nSPS) is 21.3. The van der Waals surface area contributed by atoms with E-state index in [-0.39, 0.29) is 17.6 Å². The summed E-state index contributed by atoms with van der Waals surface area (Å²) < 4.78 is 33.3. The maximum absolute atomic E-state index is 14.4. The molecular weight excluding hydrogens is 467 g/mol. The minimum atomic E-state index is -0.934. The number of rotatable bonds is 5. The molecule has 2 aliphatic rings. The number of H-pyrrole nitrogens is 1. The highest BCUT2D eigenvalue weighted by molar-refractivity contribution is 5.93. The minimum absolute atomic E-state index is 0.0302. The number of hydrogen-bond donors (Lipinski definition) is 2. The monoisotopic (exact) mass is 494 g/mol. The highest BCUT2D eigenvalue weighted by Gasteiger charge is 2.35. The smallest absolute Gasteiger partial charge is 0.332 e. The number of ether oxygens (including phenoxy) is 3. The molecular formula is C26H27FN4O5. The van der Waals surface area contributed by atoms with Crippen molar-refractivity contribution in [1.82, 2.24) is 19.7 Å². The lowest BCUT2D eigenvalue weighted by atomic mass is 9.85. The van der Waals surface area contributed by atoms with E-state index in [2.05, 4.69) is 14.8 Å². The van der Waals surface area contributed by atoms with Gasteiger partial charge in [0.1, 0.15) is 0 Å². The van der Waals surface area contributed by atoms with Gasteiger partial charge in [-0.2, -0.15) is 5.10 Å². The number of nitrogens with one attached hydrogen (secondary N) is 1. The Bertz CT molecular complexity index is 1430. The molecule has 0 aliphatic carbocycles. The number of halogens is 1. The largest absolute Gasteiger partial charge is 0.494 e. The molecule has 2 atom stereocenters. The molecule has 2 fully saturated rings. The van der Waals surface area contributed by atoms with Gasteiger partial charge in [-0.05, 0) is 43.9 Å². The van der Waals surface area contributed by atoms with Crippen molar-refractivity contribution in [2.24, 2.45) is 0 Å². The van der Waals surface area contributed by atoms with Crippen LogP contribution in [0.4, 0.5) is 4.39 Å². The lowest BCUT2D eigenvalue weighted by Crippen LogP contribution is -2.32. The van der Waals surface area contributed by atoms with Crippen molar-refractivity contribution in [2.75, 3.05) is 26.9 Å². The maximum Gasteiger partial charge on any atom is 0.332 e. The van der Waals surface area contributed by atoms with Gasteiger partial charge < -0.3 is 23.9 Å². The SMILES string of the molecule is COc1cc(-n2c(C3CCOCC3)c([C@@H]3CC[C@@H](C(=O)O)OC3)c3nc4[nH]ncc4cc32)ccc1F. The third-order valence-electron chi connectivity index (χ3n) is 7.38. The molecule has 9 nitrogen and oxygen atoms in total. The number of hydrogen-bond acceptors (Lipinski definition) is 6. The summed E-state index contributed by atoms with van der Waals surface area (Å²) in [5, 5.41) is 17.4. The number of aromatic nitrogens is 4. The second-order valence-electron chi connectivity index (χ2n) is 9.44. The molecule has 3 aromatic heterocycles. The third-order valence-corrected chi connectivity index (χ3v) is 7.38. The van der Waals surface area contributed by atoms with Crippen molar-refractivity contribution < 1.29 is 28.5 Å². The molecule has 2 saturated heterocycles. The van der Waals surface area contributed by atoms with Gasteiger partial charge in [-0.25, -0.2) is 14.2 Å². The fourth-order valence-corrected chi connectivity index (χ4v) is 5.62. The number of carboxylic acids is 1. The first-order chi connectivity index (χ1) is 17.5. The Morgan fingerprint density at radius 1 is 1.19 bits per heavy atom. The molecule has 1 aromatic carbocycles. The van der Waals surface area contributed by atoms with Crippen LogP contribution in [-0.4, -0.2) is 63.9 Å². The van der Waals surface area contributed by atoms with Crippen LogP contribution in [0.1, 0.15) is 48.8 Å². The van der Waals surface area contributed by atoms with Crippen molar-refractivity contribution >= 4 is 28.0 Å². The number of pyridine rings is 1. The van der Waals surface area contributed by atoms with E-state index in [9.17, 15) is 14.3 Å². The second-order valence-corrected chi connectivity index (χ2v) is 9.44. The van der Waals surface area contributed by atoms with Gasteiger partial charge in [0.2, 0.25) is 0 Å². The average molecular weight is 495 g/mol. The fraction of sp³-hybridized carbons (Fsp3) is 0.423. The van der Waals surface area contributed by atoms with Crippen LogP contribution in [0.2, 0.25) is 0 Å². The first-order valence-corrected chi connectivity index (χ1v) is 12.2. The Kier molecular flexibility index (Phi) is 5.85. The first kappa shape index (κ1) is 22.9. The molecule has 2 N–H and O–H groups in total. The van der Waals surface area contributed by atoms with Crippen molar-refractivity contribution in [3.05, 3.63) is 47.5 Å². The molecule has 5 heterocycles. The van der Waals surface area contributed by atoms with Crippen LogP contribution in [-0.2, 0) is 14.3 Å². The van der Waals surface area contributed by atoms with E-state index >= 15 is 0 Å². The second kappa shape index (κ2) is 9.18. The number of benzene rings is 1. The Morgan fingerprint density at radius 3 is 2.75 bits per heavy atom. The lowest BCUT2D eigenvalue weighted by molar-refractivity contribution is -0.153. The summed E-state index contributed by atoms with van der Waals surface area (Å²) in [5.41, 5.74) is 5.30. The van der Waals surface area contributed by atoms with Crippen molar-refractivity contribution in [3.8, 4) is 11.4 Å². The summed E-state index contributed by atoms with van der Waals surface area (Å²) in [6.07, 6.45) is 3.71. The number of methoxy groups -OCH3 is 1. The average Bonchev–Trinajstić information content (AvgIpc) is 3.50. The lowest BCUT2D eigenvalue weighted by Gasteiger charge is -2.30. The molecule has 10 heteroatoms. The number of nitrogens with zero attached hydrogens (tertiary/aromatic N) is 3. The Labute approximate surface area is 206 Å². The number of fused-ring (bicyclic) bond motifs is 2. The molecule has 4 aromatic rings. The number of carboxylic acid groups (broad SMARTS) is 1. The van der Waals surface area contributed by atoms with Gasteiger partial charge in [0.05, 0.1) is 30.9 Å². The van der Waals surface area contributed by atoms with Gasteiger partial charge in [-0.1, -0.05) is 0 Å². The maximum atomic E-state index is 14.4. The quantitative estimate of drug-likeness (QED) is 0.426. The Balaban J connectivity index is 1.62. The summed E-state index contributed by atoms with van der Waals surface area (Å²) in [7, 11) is 1.45. The van der Waals surface area contributed by atoms with Crippen LogP contribution < -0.4 is 4.74 Å². The van der Waals surface area contributed by atoms with Gasteiger partial charge in [-0.3, -0.25) is 5.10 Å². The van der Waals surface area contributed by atoms with Crippen molar-refractivity contribution in [2.45, 2.75) is 43.6 Å². The van der Waals surface area contributed by atoms with Crippen LogP contribution in [0.25, 0.3) is 27.8 Å². The van der Waals surface area contributed by atoms with Crippen LogP contribution in [0.5, 0.6) is 5.75 Å². The fourth-order valence-electron chi connectivity index (χ4n) is 5.62. The molecule has 0 spiro atoms. The molecule has 36 heavy (non-hydrogen) atoms. The van der Waals surface area contributed by atoms with E-state index in [0.717, 1.165) is 46.2 Å². The van der Waals surface area contributed by atoms with E-state index < -0.39 is 17.9 Å². The summed E-state index contributed by atoms with van der Waals surface area (Å²) in [6.45, 7) is 1.60. The zero-order valence-corrected chi connectivity index (χ0v) is 19.9. The number of aliphatic carboxylic acids is 1. The zero-order valence-electron chi connectivity index (χ0n) is 19.9. The number of carbonyl (C=O) groups is 1. The van der Waals surface area contributed by atoms with Gasteiger partial charge in [0, 0.05) is 53.4 Å². The van der Waals surface area contributed by atoms with E-state index in [1.165, 1.54) is 13.2 Å². The van der Waals surface area contributed by atoms with E-state index in [1.807, 2.05) is 6.07 Å². The summed E-state index contributed by atoms with van der Waals surface area (Å²) in [5.74, 6) is -1.04. The van der Waals surface area contributed by atoms with E-state index in [0.29, 0.717) is 38.3 Å². The van der Waals surface area contributed by atoms with Crippen LogP contribution in [0, 0.1) is 5.82 Å². The predicted molar refractivity (Wildman–Crippen MR) is 129 cm³/mol. The van der Waals surface area contributed by atoms with Crippen LogP contribution in [0.3, 0.4) is 0 Å². The topological polar surface area (TPSA) is 111 Å². The Hall–Kier alpha value is -3.50. The molecule has 6 rings (SSSR count). The summed E-state index contributed by atoms with van der Waals surface area (Å²) >= 11 is 0. The molecule has 0 saturated carbocycles. The highest BCUT2D eigenvalue weighted by atomic mass is 19.1. The molecule has 0 amide bonds. The van der Waals surface area contributed by atoms with Crippen molar-refractivity contribution in [3.63, 3.8) is 0 Å². The summed E-state index contributed by atoms with van der Waals surface area (Å²) in [4.78, 5) is 16.5. The van der Waals surface area contributed by atoms with Gasteiger partial charge in [0.25, 0.3) is 0 Å². The Morgan fingerprint density at radius 2 is 2.03 bits per heavy atom. The minimum Gasteiger partial charge on any atom is -0.494 e.